The Labute approximate surface area is 164 Å². The monoisotopic (exact) mass is 380 g/mol. The maximum Gasteiger partial charge on any atom is 0.312 e. The van der Waals surface area contributed by atoms with E-state index in [0.29, 0.717) is 18.8 Å². The number of hydrogen-bond donors (Lipinski definition) is 1. The lowest BCUT2D eigenvalue weighted by Gasteiger charge is -2.18. The quantitative estimate of drug-likeness (QED) is 0.782. The first-order chi connectivity index (χ1) is 13.4. The first-order valence-corrected chi connectivity index (χ1v) is 9.32. The fraction of sp³-hybridized carbons (Fsp3) is 0.318. The molecule has 1 aliphatic heterocycles. The van der Waals surface area contributed by atoms with Gasteiger partial charge in [-0.2, -0.15) is 0 Å². The van der Waals surface area contributed by atoms with Crippen molar-refractivity contribution >= 4 is 23.5 Å². The molecule has 0 radical (unpaired) electrons. The van der Waals surface area contributed by atoms with Gasteiger partial charge in [0.25, 0.3) is 5.91 Å². The molecule has 0 aromatic heterocycles. The molecule has 1 N–H and O–H groups in total. The van der Waals surface area contributed by atoms with Crippen LogP contribution in [0.1, 0.15) is 24.5 Å². The number of anilines is 1. The summed E-state index contributed by atoms with van der Waals surface area (Å²) in [4.78, 5) is 38.6. The normalized spacial score (nSPS) is 17.3. The second kappa shape index (κ2) is 8.69. The first-order valence-electron chi connectivity index (χ1n) is 9.32. The van der Waals surface area contributed by atoms with Crippen molar-refractivity contribution in [3.8, 4) is 0 Å². The number of esters is 1. The predicted molar refractivity (Wildman–Crippen MR) is 105 cm³/mol. The van der Waals surface area contributed by atoms with Crippen LogP contribution < -0.4 is 5.32 Å². The minimum Gasteiger partial charge on any atom is -0.452 e. The Kier molecular flexibility index (Phi) is 6.09. The van der Waals surface area contributed by atoms with Gasteiger partial charge in [0.15, 0.2) is 6.10 Å². The molecule has 1 saturated heterocycles. The fourth-order valence-corrected chi connectivity index (χ4v) is 3.16. The largest absolute Gasteiger partial charge is 0.452 e. The molecular formula is C22H24N2O4. The van der Waals surface area contributed by atoms with Crippen LogP contribution >= 0.6 is 0 Å². The Morgan fingerprint density at radius 2 is 1.82 bits per heavy atom. The Balaban J connectivity index is 1.53. The molecule has 2 aromatic rings. The number of hydrogen-bond acceptors (Lipinski definition) is 4. The van der Waals surface area contributed by atoms with Crippen LogP contribution in [0.15, 0.2) is 54.6 Å². The average Bonchev–Trinajstić information content (AvgIpc) is 3.05. The minimum atomic E-state index is -0.939. The van der Waals surface area contributed by atoms with Crippen LogP contribution in [0.3, 0.4) is 0 Å². The molecule has 3 rings (SSSR count). The van der Waals surface area contributed by atoms with Crippen LogP contribution in [-0.4, -0.2) is 35.3 Å². The van der Waals surface area contributed by atoms with Gasteiger partial charge < -0.3 is 15.0 Å². The minimum absolute atomic E-state index is 0.0807. The lowest BCUT2D eigenvalue weighted by atomic mass is 10.1. The number of aryl methyl sites for hydroxylation is 1. The topological polar surface area (TPSA) is 75.7 Å². The highest BCUT2D eigenvalue weighted by Crippen LogP contribution is 2.22. The third kappa shape index (κ3) is 4.76. The van der Waals surface area contributed by atoms with Gasteiger partial charge in [-0.3, -0.25) is 14.4 Å². The maximum absolute atomic E-state index is 12.4. The fourth-order valence-electron chi connectivity index (χ4n) is 3.16. The van der Waals surface area contributed by atoms with E-state index in [2.05, 4.69) is 5.32 Å². The second-order valence-corrected chi connectivity index (χ2v) is 7.04. The summed E-state index contributed by atoms with van der Waals surface area (Å²) in [7, 11) is 0. The number of nitrogens with zero attached hydrogens (tertiary/aromatic N) is 1. The molecule has 0 saturated carbocycles. The molecule has 0 bridgehead atoms. The van der Waals surface area contributed by atoms with Crippen LogP contribution in [0.25, 0.3) is 0 Å². The van der Waals surface area contributed by atoms with E-state index >= 15 is 0 Å². The number of ether oxygens (including phenoxy) is 1. The number of rotatable bonds is 6. The second-order valence-electron chi connectivity index (χ2n) is 7.04. The summed E-state index contributed by atoms with van der Waals surface area (Å²) in [5, 5.41) is 2.76. The summed E-state index contributed by atoms with van der Waals surface area (Å²) in [6.07, 6.45) is -0.831. The summed E-state index contributed by atoms with van der Waals surface area (Å²) >= 11 is 0. The molecule has 0 unspecified atom stereocenters. The zero-order valence-electron chi connectivity index (χ0n) is 16.1. The van der Waals surface area contributed by atoms with E-state index < -0.39 is 23.9 Å². The van der Waals surface area contributed by atoms with E-state index in [1.54, 1.807) is 11.0 Å². The van der Waals surface area contributed by atoms with Gasteiger partial charge in [0.1, 0.15) is 0 Å². The summed E-state index contributed by atoms with van der Waals surface area (Å²) in [5.41, 5.74) is 2.61. The van der Waals surface area contributed by atoms with Crippen LogP contribution in [0, 0.1) is 12.8 Å². The first kappa shape index (κ1) is 19.6. The summed E-state index contributed by atoms with van der Waals surface area (Å²) in [5.74, 6) is -1.54. The lowest BCUT2D eigenvalue weighted by molar-refractivity contribution is -0.157. The van der Waals surface area contributed by atoms with E-state index in [9.17, 15) is 14.4 Å². The maximum atomic E-state index is 12.4. The van der Waals surface area contributed by atoms with E-state index in [1.807, 2.05) is 55.5 Å². The van der Waals surface area contributed by atoms with Crippen LogP contribution in [0.2, 0.25) is 0 Å². The van der Waals surface area contributed by atoms with Gasteiger partial charge in [-0.15, -0.1) is 0 Å². The number of benzene rings is 2. The van der Waals surface area contributed by atoms with Gasteiger partial charge in [0.2, 0.25) is 5.91 Å². The third-order valence-corrected chi connectivity index (χ3v) is 4.83. The molecule has 2 atom stereocenters. The van der Waals surface area contributed by atoms with Crippen molar-refractivity contribution in [2.45, 2.75) is 32.9 Å². The number of likely N-dealkylation sites (tertiary alicyclic amines) is 1. The standard InChI is InChI=1S/C22H24N2O4/c1-15-8-6-7-11-19(15)23-21(26)16(2)28-22(27)18-12-20(25)24(14-18)13-17-9-4-3-5-10-17/h3-11,16,18H,12-14H2,1-2H3,(H,23,26)/t16-,18-/m0/s1. The number of amides is 2. The van der Waals surface area contributed by atoms with Gasteiger partial charge in [0, 0.05) is 25.2 Å². The van der Waals surface area contributed by atoms with Crippen molar-refractivity contribution in [2.75, 3.05) is 11.9 Å². The molecule has 0 spiro atoms. The summed E-state index contributed by atoms with van der Waals surface area (Å²) in [6, 6.07) is 17.0. The summed E-state index contributed by atoms with van der Waals surface area (Å²) in [6.45, 7) is 4.19. The Bertz CT molecular complexity index is 866. The van der Waals surface area contributed by atoms with Gasteiger partial charge in [0.05, 0.1) is 5.92 Å². The Hall–Kier alpha value is -3.15. The van der Waals surface area contributed by atoms with Gasteiger partial charge in [-0.25, -0.2) is 0 Å². The number of para-hydroxylation sites is 1. The number of carbonyl (C=O) groups excluding carboxylic acids is 3. The molecule has 6 nitrogen and oxygen atoms in total. The third-order valence-electron chi connectivity index (χ3n) is 4.83. The molecule has 1 fully saturated rings. The number of carbonyl (C=O) groups is 3. The van der Waals surface area contributed by atoms with Crippen LogP contribution in [-0.2, 0) is 25.7 Å². The van der Waals surface area contributed by atoms with Crippen molar-refractivity contribution in [1.82, 2.24) is 4.90 Å². The SMILES string of the molecule is Cc1ccccc1NC(=O)[C@H](C)OC(=O)[C@H]1CC(=O)N(Cc2ccccc2)C1. The highest BCUT2D eigenvalue weighted by atomic mass is 16.5. The van der Waals surface area contributed by atoms with E-state index in [-0.39, 0.29) is 12.3 Å². The van der Waals surface area contributed by atoms with E-state index in [4.69, 9.17) is 4.74 Å². The molecular weight excluding hydrogens is 356 g/mol. The smallest absolute Gasteiger partial charge is 0.312 e. The molecule has 146 valence electrons. The van der Waals surface area contributed by atoms with Crippen LogP contribution in [0.5, 0.6) is 0 Å². The van der Waals surface area contributed by atoms with Crippen molar-refractivity contribution in [1.29, 1.82) is 0 Å². The number of nitrogens with one attached hydrogen (secondary N) is 1. The Morgan fingerprint density at radius 3 is 2.54 bits per heavy atom. The van der Waals surface area contributed by atoms with Gasteiger partial charge in [-0.05, 0) is 31.0 Å². The van der Waals surface area contributed by atoms with Crippen LogP contribution in [0.4, 0.5) is 5.69 Å². The highest BCUT2D eigenvalue weighted by molar-refractivity contribution is 5.96. The predicted octanol–water partition coefficient (Wildman–Crippen LogP) is 2.91. The van der Waals surface area contributed by atoms with Crippen molar-refractivity contribution < 1.29 is 19.1 Å². The lowest BCUT2D eigenvalue weighted by Crippen LogP contribution is -2.33. The average molecular weight is 380 g/mol. The van der Waals surface area contributed by atoms with E-state index in [1.165, 1.54) is 6.92 Å². The molecule has 0 aliphatic carbocycles. The van der Waals surface area contributed by atoms with Gasteiger partial charge >= 0.3 is 5.97 Å². The van der Waals surface area contributed by atoms with Gasteiger partial charge in [-0.1, -0.05) is 48.5 Å². The Morgan fingerprint density at radius 1 is 1.14 bits per heavy atom. The molecule has 1 heterocycles. The van der Waals surface area contributed by atoms with E-state index in [0.717, 1.165) is 11.1 Å². The van der Waals surface area contributed by atoms with Crippen molar-refractivity contribution in [2.24, 2.45) is 5.92 Å². The molecule has 6 heteroatoms. The molecule has 2 amide bonds. The molecule has 1 aliphatic rings. The molecule has 2 aromatic carbocycles. The zero-order chi connectivity index (χ0) is 20.1. The molecule has 28 heavy (non-hydrogen) atoms. The zero-order valence-corrected chi connectivity index (χ0v) is 16.1. The van der Waals surface area contributed by atoms with Crippen molar-refractivity contribution in [3.63, 3.8) is 0 Å². The van der Waals surface area contributed by atoms with Crippen molar-refractivity contribution in [3.05, 3.63) is 65.7 Å². The highest BCUT2D eigenvalue weighted by Gasteiger charge is 2.36. The summed E-state index contributed by atoms with van der Waals surface area (Å²) < 4.78 is 5.33.